The van der Waals surface area contributed by atoms with Gasteiger partial charge in [0.1, 0.15) is 5.82 Å². The van der Waals surface area contributed by atoms with Crippen LogP contribution < -0.4 is 11.3 Å². The summed E-state index contributed by atoms with van der Waals surface area (Å²) >= 11 is 0. The van der Waals surface area contributed by atoms with Crippen LogP contribution in [0.15, 0.2) is 18.3 Å². The molecule has 1 heterocycles. The van der Waals surface area contributed by atoms with Crippen LogP contribution in [0, 0.1) is 0 Å². The van der Waals surface area contributed by atoms with Crippen molar-refractivity contribution in [3.8, 4) is 0 Å². The summed E-state index contributed by atoms with van der Waals surface area (Å²) in [4.78, 5) is 14.1. The second-order valence-electron chi connectivity index (χ2n) is 1.88. The Bertz CT molecular complexity index is 279. The van der Waals surface area contributed by atoms with Gasteiger partial charge in [0.15, 0.2) is 0 Å². The molecule has 0 bridgehead atoms. The third-order valence-electron chi connectivity index (χ3n) is 1.15. The first-order chi connectivity index (χ1) is 5.24. The number of hydrazine groups is 1. The standard InChI is InChI=1S/C6H7N3O2.ClH/c7-9-5-3-4(6(10)11)1-2-8-5;/h1-3H,7H2,(H,8,9)(H,10,11);1H. The highest BCUT2D eigenvalue weighted by Gasteiger charge is 2.01. The predicted octanol–water partition coefficient (Wildman–Crippen LogP) is 0.487. The summed E-state index contributed by atoms with van der Waals surface area (Å²) in [6, 6.07) is 2.74. The van der Waals surface area contributed by atoms with E-state index in [0.29, 0.717) is 5.82 Å². The monoisotopic (exact) mass is 189 g/mol. The van der Waals surface area contributed by atoms with E-state index in [1.807, 2.05) is 0 Å². The topological polar surface area (TPSA) is 88.2 Å². The van der Waals surface area contributed by atoms with Gasteiger partial charge < -0.3 is 10.5 Å². The first-order valence-electron chi connectivity index (χ1n) is 2.90. The maximum atomic E-state index is 10.4. The zero-order chi connectivity index (χ0) is 8.27. The Morgan fingerprint density at radius 1 is 1.67 bits per heavy atom. The third-order valence-corrected chi connectivity index (χ3v) is 1.15. The number of nitrogens with one attached hydrogen (secondary N) is 1. The van der Waals surface area contributed by atoms with Crippen molar-refractivity contribution in [2.45, 2.75) is 0 Å². The zero-order valence-electron chi connectivity index (χ0n) is 6.02. The van der Waals surface area contributed by atoms with Crippen molar-refractivity contribution in [2.75, 3.05) is 5.43 Å². The molecule has 0 radical (unpaired) electrons. The number of aromatic nitrogens is 1. The van der Waals surface area contributed by atoms with E-state index < -0.39 is 5.97 Å². The van der Waals surface area contributed by atoms with Crippen LogP contribution in [0.1, 0.15) is 10.4 Å². The largest absolute Gasteiger partial charge is 0.478 e. The number of nitrogens with zero attached hydrogens (tertiary/aromatic N) is 1. The molecule has 6 heteroatoms. The molecule has 1 rings (SSSR count). The Kier molecular flexibility index (Phi) is 4.03. The van der Waals surface area contributed by atoms with E-state index in [0.717, 1.165) is 0 Å². The lowest BCUT2D eigenvalue weighted by Crippen LogP contribution is -2.09. The van der Waals surface area contributed by atoms with Gasteiger partial charge in [0.05, 0.1) is 5.56 Å². The van der Waals surface area contributed by atoms with E-state index in [1.54, 1.807) is 0 Å². The molecule has 5 nitrogen and oxygen atoms in total. The summed E-state index contributed by atoms with van der Waals surface area (Å²) in [6.07, 6.45) is 1.37. The molecule has 0 unspecified atom stereocenters. The Balaban J connectivity index is 0.00000121. The van der Waals surface area contributed by atoms with Crippen LogP contribution in [-0.4, -0.2) is 16.1 Å². The summed E-state index contributed by atoms with van der Waals surface area (Å²) in [5.41, 5.74) is 2.41. The molecule has 0 saturated carbocycles. The van der Waals surface area contributed by atoms with E-state index in [2.05, 4.69) is 10.4 Å². The summed E-state index contributed by atoms with van der Waals surface area (Å²) in [7, 11) is 0. The second-order valence-corrected chi connectivity index (χ2v) is 1.88. The van der Waals surface area contributed by atoms with Gasteiger partial charge in [-0.2, -0.15) is 0 Å². The zero-order valence-corrected chi connectivity index (χ0v) is 6.84. The van der Waals surface area contributed by atoms with Gasteiger partial charge in [-0.3, -0.25) is 0 Å². The van der Waals surface area contributed by atoms with E-state index in [4.69, 9.17) is 10.9 Å². The highest BCUT2D eigenvalue weighted by atomic mass is 35.5. The number of carboxylic acid groups (broad SMARTS) is 1. The molecule has 0 fully saturated rings. The lowest BCUT2D eigenvalue weighted by Gasteiger charge is -1.98. The smallest absolute Gasteiger partial charge is 0.335 e. The summed E-state index contributed by atoms with van der Waals surface area (Å²) < 4.78 is 0. The molecular weight excluding hydrogens is 182 g/mol. The van der Waals surface area contributed by atoms with Crippen molar-refractivity contribution in [3.63, 3.8) is 0 Å². The van der Waals surface area contributed by atoms with Crippen molar-refractivity contribution >= 4 is 24.2 Å². The average Bonchev–Trinajstić information content (AvgIpc) is 2.05. The number of nitrogens with two attached hydrogens (primary N) is 1. The minimum absolute atomic E-state index is 0. The molecule has 0 saturated heterocycles. The van der Waals surface area contributed by atoms with Gasteiger partial charge in [0.2, 0.25) is 0 Å². The second kappa shape index (κ2) is 4.53. The first-order valence-corrected chi connectivity index (χ1v) is 2.90. The number of aromatic carboxylic acids is 1. The summed E-state index contributed by atoms with van der Waals surface area (Å²) in [6.45, 7) is 0. The van der Waals surface area contributed by atoms with E-state index in [-0.39, 0.29) is 18.0 Å². The molecule has 0 aliphatic rings. The molecular formula is C6H8ClN3O2. The molecule has 0 aromatic carbocycles. The van der Waals surface area contributed by atoms with Gasteiger partial charge in [-0.25, -0.2) is 15.6 Å². The summed E-state index contributed by atoms with van der Waals surface area (Å²) in [5.74, 6) is 4.35. The molecule has 1 aromatic heterocycles. The van der Waals surface area contributed by atoms with Crippen molar-refractivity contribution in [1.29, 1.82) is 0 Å². The van der Waals surface area contributed by atoms with Crippen molar-refractivity contribution in [2.24, 2.45) is 5.84 Å². The highest BCUT2D eigenvalue weighted by Crippen LogP contribution is 2.04. The minimum Gasteiger partial charge on any atom is -0.478 e. The number of halogens is 1. The SMILES string of the molecule is Cl.NNc1cc(C(=O)O)ccn1. The van der Waals surface area contributed by atoms with Crippen molar-refractivity contribution < 1.29 is 9.90 Å². The molecule has 0 atom stereocenters. The fraction of sp³-hybridized carbons (Fsp3) is 0. The lowest BCUT2D eigenvalue weighted by atomic mass is 10.3. The van der Waals surface area contributed by atoms with E-state index in [9.17, 15) is 4.79 Å². The molecule has 4 N–H and O–H groups in total. The van der Waals surface area contributed by atoms with E-state index in [1.165, 1.54) is 18.3 Å². The Morgan fingerprint density at radius 3 is 2.83 bits per heavy atom. The van der Waals surface area contributed by atoms with E-state index >= 15 is 0 Å². The first kappa shape index (κ1) is 10.7. The van der Waals surface area contributed by atoms with Gasteiger partial charge in [-0.15, -0.1) is 12.4 Å². The fourth-order valence-electron chi connectivity index (χ4n) is 0.643. The Labute approximate surface area is 75.0 Å². The fourth-order valence-corrected chi connectivity index (χ4v) is 0.643. The predicted molar refractivity (Wildman–Crippen MR) is 46.3 cm³/mol. The molecule has 1 aromatic rings. The van der Waals surface area contributed by atoms with Crippen molar-refractivity contribution in [3.05, 3.63) is 23.9 Å². The number of hydrogen-bond donors (Lipinski definition) is 3. The normalized spacial score (nSPS) is 8.42. The summed E-state index contributed by atoms with van der Waals surface area (Å²) in [5, 5.41) is 8.51. The van der Waals surface area contributed by atoms with Gasteiger partial charge >= 0.3 is 5.97 Å². The van der Waals surface area contributed by atoms with Gasteiger partial charge in [-0.05, 0) is 12.1 Å². The molecule has 66 valence electrons. The van der Waals surface area contributed by atoms with Crippen LogP contribution in [0.25, 0.3) is 0 Å². The number of pyridine rings is 1. The molecule has 0 amide bonds. The average molecular weight is 190 g/mol. The number of carbonyl (C=O) groups is 1. The Hall–Kier alpha value is -1.33. The Morgan fingerprint density at radius 2 is 2.33 bits per heavy atom. The third kappa shape index (κ3) is 2.37. The number of hydrogen-bond acceptors (Lipinski definition) is 4. The van der Waals surface area contributed by atoms with Crippen LogP contribution in [0.3, 0.4) is 0 Å². The molecule has 12 heavy (non-hydrogen) atoms. The molecule has 0 spiro atoms. The van der Waals surface area contributed by atoms with Crippen LogP contribution >= 0.6 is 12.4 Å². The number of anilines is 1. The number of carboxylic acids is 1. The highest BCUT2D eigenvalue weighted by molar-refractivity contribution is 5.88. The quantitative estimate of drug-likeness (QED) is 0.466. The van der Waals surface area contributed by atoms with Crippen LogP contribution in [0.2, 0.25) is 0 Å². The molecule has 0 aliphatic carbocycles. The number of rotatable bonds is 2. The minimum atomic E-state index is -0.996. The van der Waals surface area contributed by atoms with Crippen LogP contribution in [0.4, 0.5) is 5.82 Å². The lowest BCUT2D eigenvalue weighted by molar-refractivity contribution is 0.0697. The maximum absolute atomic E-state index is 10.4. The number of nitrogen functional groups attached to an aromatic ring is 1. The van der Waals surface area contributed by atoms with Crippen LogP contribution in [-0.2, 0) is 0 Å². The van der Waals surface area contributed by atoms with Crippen molar-refractivity contribution in [1.82, 2.24) is 4.98 Å². The van der Waals surface area contributed by atoms with Gasteiger partial charge in [0.25, 0.3) is 0 Å². The molecule has 0 aliphatic heterocycles. The van der Waals surface area contributed by atoms with Crippen LogP contribution in [0.5, 0.6) is 0 Å². The van der Waals surface area contributed by atoms with Gasteiger partial charge in [0, 0.05) is 6.20 Å². The maximum Gasteiger partial charge on any atom is 0.335 e. The van der Waals surface area contributed by atoms with Gasteiger partial charge in [-0.1, -0.05) is 0 Å².